The summed E-state index contributed by atoms with van der Waals surface area (Å²) < 4.78 is 0. The molecule has 1 saturated carbocycles. The highest BCUT2D eigenvalue weighted by atomic mass is 16.2. The Morgan fingerprint density at radius 1 is 1.37 bits per heavy atom. The molecule has 2 fully saturated rings. The van der Waals surface area contributed by atoms with Crippen LogP contribution in [0.25, 0.3) is 0 Å². The lowest BCUT2D eigenvalue weighted by Crippen LogP contribution is -2.52. The minimum absolute atomic E-state index is 0.0347. The second-order valence-electron chi connectivity index (χ2n) is 5.84. The van der Waals surface area contributed by atoms with E-state index in [0.29, 0.717) is 6.04 Å². The Kier molecular flexibility index (Phi) is 4.80. The van der Waals surface area contributed by atoms with Crippen molar-refractivity contribution >= 4 is 11.8 Å². The van der Waals surface area contributed by atoms with Crippen molar-refractivity contribution in [2.24, 2.45) is 5.41 Å². The van der Waals surface area contributed by atoms with Crippen molar-refractivity contribution < 1.29 is 9.59 Å². The maximum atomic E-state index is 12.4. The molecular formula is C14H25N3O2. The van der Waals surface area contributed by atoms with E-state index in [0.717, 1.165) is 51.6 Å². The first-order valence-corrected chi connectivity index (χ1v) is 7.45. The monoisotopic (exact) mass is 267 g/mol. The maximum absolute atomic E-state index is 12.4. The summed E-state index contributed by atoms with van der Waals surface area (Å²) in [6.45, 7) is 3.93. The fourth-order valence-corrected chi connectivity index (χ4v) is 2.82. The largest absolute Gasteiger partial charge is 0.352 e. The van der Waals surface area contributed by atoms with Crippen LogP contribution in [-0.2, 0) is 9.59 Å². The lowest BCUT2D eigenvalue weighted by atomic mass is 9.76. The SMILES string of the molecule is CCCC1(C(=O)NCC(=O)NC2CC2)CCCNC1. The summed E-state index contributed by atoms with van der Waals surface area (Å²) in [5.74, 6) is -0.0289. The van der Waals surface area contributed by atoms with Crippen LogP contribution < -0.4 is 16.0 Å². The fourth-order valence-electron chi connectivity index (χ4n) is 2.82. The van der Waals surface area contributed by atoms with Gasteiger partial charge in [-0.2, -0.15) is 0 Å². The maximum Gasteiger partial charge on any atom is 0.239 e. The Hall–Kier alpha value is -1.10. The molecule has 0 spiro atoms. The van der Waals surface area contributed by atoms with Crippen LogP contribution in [0.2, 0.25) is 0 Å². The molecule has 108 valence electrons. The Bertz CT molecular complexity index is 328. The Morgan fingerprint density at radius 2 is 2.16 bits per heavy atom. The predicted octanol–water partition coefficient (Wildman–Crippen LogP) is 0.551. The summed E-state index contributed by atoms with van der Waals surface area (Å²) in [6, 6.07) is 0.352. The first kappa shape index (κ1) is 14.3. The molecule has 3 N–H and O–H groups in total. The summed E-state index contributed by atoms with van der Waals surface area (Å²) in [7, 11) is 0. The third-order valence-electron chi connectivity index (χ3n) is 4.03. The third kappa shape index (κ3) is 3.93. The van der Waals surface area contributed by atoms with Gasteiger partial charge in [0.15, 0.2) is 0 Å². The van der Waals surface area contributed by atoms with E-state index in [-0.39, 0.29) is 23.8 Å². The van der Waals surface area contributed by atoms with Gasteiger partial charge < -0.3 is 16.0 Å². The number of carbonyl (C=O) groups excluding carboxylic acids is 2. The summed E-state index contributed by atoms with van der Waals surface area (Å²) in [4.78, 5) is 24.0. The first-order chi connectivity index (χ1) is 9.16. The minimum atomic E-state index is -0.313. The number of amides is 2. The molecule has 5 nitrogen and oxygen atoms in total. The number of hydrogen-bond acceptors (Lipinski definition) is 3. The van der Waals surface area contributed by atoms with Crippen molar-refractivity contribution in [1.29, 1.82) is 0 Å². The van der Waals surface area contributed by atoms with Gasteiger partial charge in [0.05, 0.1) is 12.0 Å². The molecule has 1 unspecified atom stereocenters. The van der Waals surface area contributed by atoms with Gasteiger partial charge in [-0.1, -0.05) is 13.3 Å². The van der Waals surface area contributed by atoms with E-state index in [9.17, 15) is 9.59 Å². The van der Waals surface area contributed by atoms with Gasteiger partial charge in [0, 0.05) is 12.6 Å². The van der Waals surface area contributed by atoms with E-state index < -0.39 is 0 Å². The molecule has 19 heavy (non-hydrogen) atoms. The van der Waals surface area contributed by atoms with Gasteiger partial charge in [0.25, 0.3) is 0 Å². The van der Waals surface area contributed by atoms with Crippen LogP contribution in [0, 0.1) is 5.41 Å². The molecule has 5 heteroatoms. The van der Waals surface area contributed by atoms with Crippen LogP contribution in [0.5, 0.6) is 0 Å². The predicted molar refractivity (Wildman–Crippen MR) is 73.6 cm³/mol. The standard InChI is InChI=1S/C14H25N3O2/c1-2-6-14(7-3-8-15-10-14)13(19)16-9-12(18)17-11-4-5-11/h11,15H,2-10H2,1H3,(H,16,19)(H,17,18). The molecule has 1 aliphatic carbocycles. The molecule has 1 atom stereocenters. The molecule has 0 radical (unpaired) electrons. The smallest absolute Gasteiger partial charge is 0.239 e. The highest BCUT2D eigenvalue weighted by Gasteiger charge is 2.38. The van der Waals surface area contributed by atoms with Gasteiger partial charge in [0.2, 0.25) is 11.8 Å². The highest BCUT2D eigenvalue weighted by Crippen LogP contribution is 2.31. The Labute approximate surface area is 114 Å². The molecule has 2 amide bonds. The zero-order valence-electron chi connectivity index (χ0n) is 11.8. The van der Waals surface area contributed by atoms with Crippen molar-refractivity contribution in [3.05, 3.63) is 0 Å². The van der Waals surface area contributed by atoms with E-state index in [1.165, 1.54) is 0 Å². The molecular weight excluding hydrogens is 242 g/mol. The van der Waals surface area contributed by atoms with Crippen molar-refractivity contribution in [3.8, 4) is 0 Å². The molecule has 2 rings (SSSR count). The quantitative estimate of drug-likeness (QED) is 0.658. The van der Waals surface area contributed by atoms with E-state index in [4.69, 9.17) is 0 Å². The Balaban J connectivity index is 1.82. The van der Waals surface area contributed by atoms with Crippen LogP contribution in [0.15, 0.2) is 0 Å². The van der Waals surface area contributed by atoms with Crippen molar-refractivity contribution in [2.45, 2.75) is 51.5 Å². The average Bonchev–Trinajstić information content (AvgIpc) is 3.21. The molecule has 1 aliphatic heterocycles. The van der Waals surface area contributed by atoms with Gasteiger partial charge in [-0.05, 0) is 38.6 Å². The van der Waals surface area contributed by atoms with Crippen LogP contribution in [-0.4, -0.2) is 37.5 Å². The van der Waals surface area contributed by atoms with Crippen LogP contribution >= 0.6 is 0 Å². The molecule has 1 heterocycles. The number of carbonyl (C=O) groups is 2. The average molecular weight is 267 g/mol. The Morgan fingerprint density at radius 3 is 2.74 bits per heavy atom. The van der Waals surface area contributed by atoms with Gasteiger partial charge >= 0.3 is 0 Å². The normalized spacial score (nSPS) is 26.8. The van der Waals surface area contributed by atoms with Crippen LogP contribution in [0.1, 0.15) is 45.4 Å². The third-order valence-corrected chi connectivity index (χ3v) is 4.03. The number of rotatable bonds is 6. The molecule has 0 aromatic heterocycles. The topological polar surface area (TPSA) is 70.2 Å². The highest BCUT2D eigenvalue weighted by molar-refractivity contribution is 5.88. The van der Waals surface area contributed by atoms with Gasteiger partial charge in [-0.15, -0.1) is 0 Å². The van der Waals surface area contributed by atoms with Crippen molar-refractivity contribution in [1.82, 2.24) is 16.0 Å². The lowest BCUT2D eigenvalue weighted by Gasteiger charge is -2.36. The summed E-state index contributed by atoms with van der Waals surface area (Å²) in [6.07, 6.45) is 5.97. The molecule has 0 aromatic rings. The van der Waals surface area contributed by atoms with Crippen LogP contribution in [0.4, 0.5) is 0 Å². The second-order valence-corrected chi connectivity index (χ2v) is 5.84. The molecule has 2 aliphatic rings. The van der Waals surface area contributed by atoms with Crippen molar-refractivity contribution in [3.63, 3.8) is 0 Å². The summed E-state index contributed by atoms with van der Waals surface area (Å²) >= 11 is 0. The summed E-state index contributed by atoms with van der Waals surface area (Å²) in [5, 5.41) is 9.02. The molecule has 1 saturated heterocycles. The van der Waals surface area contributed by atoms with E-state index in [1.54, 1.807) is 0 Å². The fraction of sp³-hybridized carbons (Fsp3) is 0.857. The van der Waals surface area contributed by atoms with Crippen molar-refractivity contribution in [2.75, 3.05) is 19.6 Å². The van der Waals surface area contributed by atoms with E-state index in [1.807, 2.05) is 0 Å². The van der Waals surface area contributed by atoms with Crippen LogP contribution in [0.3, 0.4) is 0 Å². The lowest BCUT2D eigenvalue weighted by molar-refractivity contribution is -0.134. The summed E-state index contributed by atoms with van der Waals surface area (Å²) in [5.41, 5.74) is -0.313. The number of nitrogens with one attached hydrogen (secondary N) is 3. The van der Waals surface area contributed by atoms with Gasteiger partial charge in [0.1, 0.15) is 0 Å². The van der Waals surface area contributed by atoms with E-state index in [2.05, 4.69) is 22.9 Å². The molecule has 0 aromatic carbocycles. The number of piperidine rings is 1. The molecule has 0 bridgehead atoms. The zero-order chi connectivity index (χ0) is 13.7. The van der Waals surface area contributed by atoms with Gasteiger partial charge in [-0.3, -0.25) is 9.59 Å². The second kappa shape index (κ2) is 6.37. The zero-order valence-corrected chi connectivity index (χ0v) is 11.8. The van der Waals surface area contributed by atoms with Gasteiger partial charge in [-0.25, -0.2) is 0 Å². The van der Waals surface area contributed by atoms with E-state index >= 15 is 0 Å². The minimum Gasteiger partial charge on any atom is -0.352 e. The number of hydrogen-bond donors (Lipinski definition) is 3. The first-order valence-electron chi connectivity index (χ1n) is 7.45.